The molecule has 1 saturated carbocycles. The quantitative estimate of drug-likeness (QED) is 0.264. The summed E-state index contributed by atoms with van der Waals surface area (Å²) < 4.78 is 13.5. The molecule has 1 aliphatic carbocycles. The second kappa shape index (κ2) is 8.37. The topological polar surface area (TPSA) is 99.3 Å². The number of pyridine rings is 2. The van der Waals surface area contributed by atoms with Crippen molar-refractivity contribution in [2.24, 2.45) is 5.92 Å². The molecule has 4 aromatic heterocycles. The van der Waals surface area contributed by atoms with Crippen molar-refractivity contribution in [3.05, 3.63) is 85.1 Å². The molecule has 0 unspecified atom stereocenters. The van der Waals surface area contributed by atoms with E-state index in [-0.39, 0.29) is 17.6 Å². The highest BCUT2D eigenvalue weighted by molar-refractivity contribution is 6.01. The lowest BCUT2D eigenvalue weighted by atomic mass is 10.0. The monoisotopic (exact) mass is 488 g/mol. The molecule has 7 nitrogen and oxygen atoms in total. The van der Waals surface area contributed by atoms with Crippen LogP contribution in [0.25, 0.3) is 55.6 Å². The summed E-state index contributed by atoms with van der Waals surface area (Å²) in [6.45, 7) is 0. The third-order valence-electron chi connectivity index (χ3n) is 6.79. The van der Waals surface area contributed by atoms with Crippen molar-refractivity contribution < 1.29 is 9.18 Å². The van der Waals surface area contributed by atoms with Crippen LogP contribution in [0.1, 0.15) is 12.8 Å². The van der Waals surface area contributed by atoms with E-state index < -0.39 is 0 Å². The molecule has 1 fully saturated rings. The van der Waals surface area contributed by atoms with Gasteiger partial charge in [-0.3, -0.25) is 14.9 Å². The molecule has 7 rings (SSSR count). The van der Waals surface area contributed by atoms with Crippen molar-refractivity contribution in [3.63, 3.8) is 0 Å². The van der Waals surface area contributed by atoms with Gasteiger partial charge in [0.2, 0.25) is 5.91 Å². The van der Waals surface area contributed by atoms with Crippen molar-refractivity contribution in [2.75, 3.05) is 5.32 Å². The molecule has 0 spiro atoms. The number of H-pyrrole nitrogens is 2. The second-order valence-electron chi connectivity index (χ2n) is 9.37. The zero-order valence-corrected chi connectivity index (χ0v) is 19.6. The Balaban J connectivity index is 1.28. The Bertz CT molecular complexity index is 1800. The van der Waals surface area contributed by atoms with E-state index in [4.69, 9.17) is 0 Å². The highest BCUT2D eigenvalue weighted by Crippen LogP contribution is 2.35. The average Bonchev–Trinajstić information content (AvgIpc) is 3.55. The number of aromatic nitrogens is 5. The Kier molecular flexibility index (Phi) is 4.85. The SMILES string of the molecule is O=C(Nc1cncc(-c2ccc3[nH]nc(-c4cc5c(-c6ccc(F)cc6)ccnc5[nH]4)c3c2)c1)C1CC1. The molecule has 0 aliphatic heterocycles. The molecule has 1 aliphatic rings. The highest BCUT2D eigenvalue weighted by Gasteiger charge is 2.29. The summed E-state index contributed by atoms with van der Waals surface area (Å²) in [5, 5.41) is 12.5. The lowest BCUT2D eigenvalue weighted by Crippen LogP contribution is -2.13. The number of aromatic amines is 2. The van der Waals surface area contributed by atoms with Gasteiger partial charge in [0, 0.05) is 34.6 Å². The molecule has 37 heavy (non-hydrogen) atoms. The first-order valence-electron chi connectivity index (χ1n) is 12.1. The number of benzene rings is 2. The number of anilines is 1. The Hall–Kier alpha value is -4.85. The molecular weight excluding hydrogens is 467 g/mol. The minimum atomic E-state index is -0.270. The molecule has 4 heterocycles. The number of rotatable bonds is 5. The number of hydrogen-bond acceptors (Lipinski definition) is 4. The zero-order valence-electron chi connectivity index (χ0n) is 19.6. The molecule has 8 heteroatoms. The standard InChI is InChI=1S/C29H21FN6O/c30-20-6-3-16(4-7-20)22-9-10-32-28-23(22)13-26(34-28)27-24-12-18(5-8-25(24)35-36-27)19-11-21(15-31-14-19)33-29(37)17-1-2-17/h3-15,17H,1-2H2,(H,32,34)(H,33,37)(H,35,36). The van der Waals surface area contributed by atoms with Crippen molar-refractivity contribution in [3.8, 4) is 33.6 Å². The average molecular weight is 489 g/mol. The molecule has 6 aromatic rings. The van der Waals surface area contributed by atoms with Crippen LogP contribution in [-0.4, -0.2) is 31.1 Å². The summed E-state index contributed by atoms with van der Waals surface area (Å²) in [5.41, 5.74) is 7.65. The molecule has 180 valence electrons. The maximum Gasteiger partial charge on any atom is 0.227 e. The number of hydrogen-bond donors (Lipinski definition) is 3. The first-order chi connectivity index (χ1) is 18.1. The van der Waals surface area contributed by atoms with Gasteiger partial charge in [-0.15, -0.1) is 0 Å². The maximum absolute atomic E-state index is 13.5. The van der Waals surface area contributed by atoms with Gasteiger partial charge in [0.25, 0.3) is 0 Å². The first kappa shape index (κ1) is 21.4. The van der Waals surface area contributed by atoms with Crippen LogP contribution in [0.15, 0.2) is 79.3 Å². The Morgan fingerprint density at radius 2 is 1.76 bits per heavy atom. The van der Waals surface area contributed by atoms with E-state index in [9.17, 15) is 9.18 Å². The normalized spacial score (nSPS) is 13.3. The van der Waals surface area contributed by atoms with Gasteiger partial charge in [-0.25, -0.2) is 9.37 Å². The molecule has 0 atom stereocenters. The van der Waals surface area contributed by atoms with E-state index in [2.05, 4.69) is 36.5 Å². The van der Waals surface area contributed by atoms with Crippen molar-refractivity contribution >= 4 is 33.5 Å². The van der Waals surface area contributed by atoms with Crippen LogP contribution in [-0.2, 0) is 4.79 Å². The maximum atomic E-state index is 13.5. The van der Waals surface area contributed by atoms with Crippen LogP contribution in [0, 0.1) is 11.7 Å². The minimum Gasteiger partial charge on any atom is -0.338 e. The Morgan fingerprint density at radius 3 is 2.59 bits per heavy atom. The molecule has 3 N–H and O–H groups in total. The third kappa shape index (κ3) is 3.92. The van der Waals surface area contributed by atoms with Gasteiger partial charge in [0.1, 0.15) is 17.2 Å². The van der Waals surface area contributed by atoms with Gasteiger partial charge in [-0.2, -0.15) is 5.10 Å². The van der Waals surface area contributed by atoms with Crippen LogP contribution >= 0.6 is 0 Å². The lowest BCUT2D eigenvalue weighted by molar-refractivity contribution is -0.117. The summed E-state index contributed by atoms with van der Waals surface area (Å²) >= 11 is 0. The van der Waals surface area contributed by atoms with Crippen LogP contribution in [0.3, 0.4) is 0 Å². The molecular formula is C29H21FN6O. The molecule has 0 saturated heterocycles. The summed E-state index contributed by atoms with van der Waals surface area (Å²) in [6, 6.07) is 18.4. The van der Waals surface area contributed by atoms with Crippen LogP contribution in [0.5, 0.6) is 0 Å². The molecule has 1 amide bonds. The van der Waals surface area contributed by atoms with Crippen LogP contribution < -0.4 is 5.32 Å². The summed E-state index contributed by atoms with van der Waals surface area (Å²) in [4.78, 5) is 24.4. The zero-order chi connectivity index (χ0) is 24.9. The lowest BCUT2D eigenvalue weighted by Gasteiger charge is -2.07. The predicted molar refractivity (Wildman–Crippen MR) is 141 cm³/mol. The van der Waals surface area contributed by atoms with Crippen molar-refractivity contribution in [1.29, 1.82) is 0 Å². The van der Waals surface area contributed by atoms with E-state index in [1.165, 1.54) is 12.1 Å². The van der Waals surface area contributed by atoms with E-state index in [1.807, 2.05) is 30.3 Å². The van der Waals surface area contributed by atoms with E-state index >= 15 is 0 Å². The summed E-state index contributed by atoms with van der Waals surface area (Å²) in [7, 11) is 0. The van der Waals surface area contributed by atoms with Gasteiger partial charge in [-0.05, 0) is 72.0 Å². The molecule has 0 radical (unpaired) electrons. The molecule has 0 bridgehead atoms. The first-order valence-corrected chi connectivity index (χ1v) is 12.1. The van der Waals surface area contributed by atoms with Crippen LogP contribution in [0.2, 0.25) is 0 Å². The number of nitrogens with zero attached hydrogens (tertiary/aromatic N) is 3. The fourth-order valence-corrected chi connectivity index (χ4v) is 4.69. The third-order valence-corrected chi connectivity index (χ3v) is 6.79. The van der Waals surface area contributed by atoms with Crippen LogP contribution in [0.4, 0.5) is 10.1 Å². The largest absolute Gasteiger partial charge is 0.338 e. The fraction of sp³-hybridized carbons (Fsp3) is 0.103. The van der Waals surface area contributed by atoms with E-state index in [0.717, 1.165) is 68.4 Å². The number of fused-ring (bicyclic) bond motifs is 2. The second-order valence-corrected chi connectivity index (χ2v) is 9.37. The van der Waals surface area contributed by atoms with E-state index in [1.54, 1.807) is 30.7 Å². The van der Waals surface area contributed by atoms with Gasteiger partial charge in [-0.1, -0.05) is 18.2 Å². The number of amides is 1. The minimum absolute atomic E-state index is 0.0546. The Labute approximate surface area is 210 Å². The van der Waals surface area contributed by atoms with Gasteiger partial charge < -0.3 is 10.3 Å². The Morgan fingerprint density at radius 1 is 0.919 bits per heavy atom. The van der Waals surface area contributed by atoms with Gasteiger partial charge in [0.05, 0.1) is 23.1 Å². The smallest absolute Gasteiger partial charge is 0.227 e. The number of halogens is 1. The highest BCUT2D eigenvalue weighted by atomic mass is 19.1. The van der Waals surface area contributed by atoms with Gasteiger partial charge in [0.15, 0.2) is 0 Å². The van der Waals surface area contributed by atoms with Gasteiger partial charge >= 0.3 is 0 Å². The number of nitrogens with one attached hydrogen (secondary N) is 3. The number of carbonyl (C=O) groups is 1. The predicted octanol–water partition coefficient (Wildman–Crippen LogP) is 6.32. The van der Waals surface area contributed by atoms with E-state index in [0.29, 0.717) is 5.69 Å². The molecule has 2 aromatic carbocycles. The van der Waals surface area contributed by atoms with Crippen molar-refractivity contribution in [2.45, 2.75) is 12.8 Å². The van der Waals surface area contributed by atoms with Crippen molar-refractivity contribution in [1.82, 2.24) is 25.1 Å². The summed E-state index contributed by atoms with van der Waals surface area (Å²) in [5.74, 6) is -0.0875. The number of carbonyl (C=O) groups excluding carboxylic acids is 1. The fourth-order valence-electron chi connectivity index (χ4n) is 4.69. The summed E-state index contributed by atoms with van der Waals surface area (Å²) in [6.07, 6.45) is 7.10.